The van der Waals surface area contributed by atoms with Gasteiger partial charge in [0.2, 0.25) is 0 Å². The summed E-state index contributed by atoms with van der Waals surface area (Å²) in [7, 11) is 0. The highest BCUT2D eigenvalue weighted by molar-refractivity contribution is 6.33. The summed E-state index contributed by atoms with van der Waals surface area (Å²) < 4.78 is 0. The minimum atomic E-state index is 0.522. The zero-order valence-corrected chi connectivity index (χ0v) is 10.00. The van der Waals surface area contributed by atoms with Crippen LogP contribution in [-0.4, -0.2) is 19.4 Å². The lowest BCUT2D eigenvalue weighted by Crippen LogP contribution is -2.24. The molecule has 0 spiro atoms. The van der Waals surface area contributed by atoms with Gasteiger partial charge in [-0.3, -0.25) is 4.79 Å². The van der Waals surface area contributed by atoms with Gasteiger partial charge >= 0.3 is 0 Å². The van der Waals surface area contributed by atoms with Crippen molar-refractivity contribution in [2.45, 2.75) is 13.3 Å². The maximum Gasteiger partial charge on any atom is 0.150 e. The molecule has 0 heterocycles. The van der Waals surface area contributed by atoms with Gasteiger partial charge in [-0.25, -0.2) is 0 Å². The summed E-state index contributed by atoms with van der Waals surface area (Å²) in [5, 5.41) is 0.563. The topological polar surface area (TPSA) is 20.3 Å². The quantitative estimate of drug-likeness (QED) is 0.578. The number of anilines is 1. The second-order valence-electron chi connectivity index (χ2n) is 3.45. The summed E-state index contributed by atoms with van der Waals surface area (Å²) in [6.07, 6.45) is 7.08. The number of carbonyl (C=O) groups is 1. The molecule has 3 heteroatoms. The average Bonchev–Trinajstić information content (AvgIpc) is 2.29. The van der Waals surface area contributed by atoms with E-state index in [-0.39, 0.29) is 0 Å². The van der Waals surface area contributed by atoms with Crippen molar-refractivity contribution in [3.05, 3.63) is 28.8 Å². The van der Waals surface area contributed by atoms with Crippen molar-refractivity contribution < 1.29 is 4.79 Å². The Labute approximate surface area is 101 Å². The highest BCUT2D eigenvalue weighted by atomic mass is 35.5. The normalized spacial score (nSPS) is 9.56. The molecule has 0 atom stereocenters. The third kappa shape index (κ3) is 3.01. The minimum Gasteiger partial charge on any atom is -0.359 e. The third-order valence-electron chi connectivity index (χ3n) is 2.22. The number of nitrogens with zero attached hydrogens (tertiary/aromatic N) is 1. The number of benzene rings is 1. The van der Waals surface area contributed by atoms with Crippen LogP contribution in [0.2, 0.25) is 5.02 Å². The second kappa shape index (κ2) is 6.19. The van der Waals surface area contributed by atoms with Crippen molar-refractivity contribution in [1.29, 1.82) is 0 Å². The predicted octanol–water partition coefficient (Wildman–Crippen LogP) is 3.00. The number of hydrogen-bond acceptors (Lipinski definition) is 2. The van der Waals surface area contributed by atoms with Gasteiger partial charge in [-0.2, -0.15) is 0 Å². The Balaban J connectivity index is 3.00. The second-order valence-corrected chi connectivity index (χ2v) is 3.86. The summed E-state index contributed by atoms with van der Waals surface area (Å²) in [5.41, 5.74) is 1.46. The molecule has 84 valence electrons. The Bertz CT molecular complexity index is 409. The molecule has 0 aliphatic rings. The van der Waals surface area contributed by atoms with E-state index in [1.165, 1.54) is 0 Å². The van der Waals surface area contributed by atoms with Crippen LogP contribution in [0.5, 0.6) is 0 Å². The first kappa shape index (κ1) is 12.6. The fraction of sp³-hybridized carbons (Fsp3) is 0.308. The molecule has 0 unspecified atom stereocenters. The lowest BCUT2D eigenvalue weighted by Gasteiger charge is -2.22. The first-order valence-electron chi connectivity index (χ1n) is 5.16. The van der Waals surface area contributed by atoms with Crippen LogP contribution in [0.4, 0.5) is 5.69 Å². The molecule has 1 aromatic rings. The van der Waals surface area contributed by atoms with Crippen molar-refractivity contribution in [3.8, 4) is 12.3 Å². The number of hydrogen-bond donors (Lipinski definition) is 0. The van der Waals surface area contributed by atoms with Crippen molar-refractivity contribution in [3.63, 3.8) is 0 Å². The van der Waals surface area contributed by atoms with Crippen molar-refractivity contribution >= 4 is 23.6 Å². The van der Waals surface area contributed by atoms with Crippen molar-refractivity contribution in [2.75, 3.05) is 18.0 Å². The Kier molecular flexibility index (Phi) is 4.88. The van der Waals surface area contributed by atoms with E-state index in [0.29, 0.717) is 17.1 Å². The number of halogens is 1. The standard InChI is InChI=1S/C13H14ClNO/c1-3-7-15(8-4-2)13-6-5-11(10-16)9-12(13)14/h1,5-6,9-10H,4,7-8H2,2H3. The summed E-state index contributed by atoms with van der Waals surface area (Å²) in [6, 6.07) is 5.23. The highest BCUT2D eigenvalue weighted by Gasteiger charge is 2.08. The Morgan fingerprint density at radius 2 is 2.31 bits per heavy atom. The fourth-order valence-corrected chi connectivity index (χ4v) is 1.83. The number of carbonyl (C=O) groups excluding carboxylic acids is 1. The predicted molar refractivity (Wildman–Crippen MR) is 68.2 cm³/mol. The zero-order chi connectivity index (χ0) is 12.0. The maximum atomic E-state index is 10.6. The highest BCUT2D eigenvalue weighted by Crippen LogP contribution is 2.26. The first-order chi connectivity index (χ1) is 7.72. The van der Waals surface area contributed by atoms with Crippen LogP contribution in [0.3, 0.4) is 0 Å². The van der Waals surface area contributed by atoms with Crippen LogP contribution >= 0.6 is 11.6 Å². The monoisotopic (exact) mass is 235 g/mol. The lowest BCUT2D eigenvalue weighted by atomic mass is 10.2. The summed E-state index contributed by atoms with van der Waals surface area (Å²) in [4.78, 5) is 12.6. The number of rotatable bonds is 5. The molecule has 2 nitrogen and oxygen atoms in total. The van der Waals surface area contributed by atoms with Crippen LogP contribution in [0.15, 0.2) is 18.2 Å². The molecular weight excluding hydrogens is 222 g/mol. The van der Waals surface area contributed by atoms with E-state index in [2.05, 4.69) is 12.8 Å². The van der Waals surface area contributed by atoms with Gasteiger partial charge in [0.1, 0.15) is 6.29 Å². The third-order valence-corrected chi connectivity index (χ3v) is 2.53. The lowest BCUT2D eigenvalue weighted by molar-refractivity contribution is 0.112. The molecule has 0 aliphatic heterocycles. The van der Waals surface area contributed by atoms with E-state index in [4.69, 9.17) is 18.0 Å². The number of terminal acetylenes is 1. The maximum absolute atomic E-state index is 10.6. The van der Waals surface area contributed by atoms with Gasteiger partial charge in [0.05, 0.1) is 17.3 Å². The molecule has 0 fully saturated rings. The van der Waals surface area contributed by atoms with Gasteiger partial charge in [0, 0.05) is 12.1 Å². The van der Waals surface area contributed by atoms with Crippen LogP contribution in [0.25, 0.3) is 0 Å². The van der Waals surface area contributed by atoms with E-state index in [9.17, 15) is 4.79 Å². The van der Waals surface area contributed by atoms with Gasteiger partial charge < -0.3 is 4.90 Å². The van der Waals surface area contributed by atoms with Crippen LogP contribution in [0.1, 0.15) is 23.7 Å². The SMILES string of the molecule is C#CCN(CCC)c1ccc(C=O)cc1Cl. The summed E-state index contributed by atoms with van der Waals surface area (Å²) in [6.45, 7) is 3.45. The molecule has 0 aliphatic carbocycles. The smallest absolute Gasteiger partial charge is 0.150 e. The molecule has 0 bridgehead atoms. The van der Waals surface area contributed by atoms with Gasteiger partial charge in [-0.15, -0.1) is 6.42 Å². The molecule has 0 radical (unpaired) electrons. The molecular formula is C13H14ClNO. The summed E-state index contributed by atoms with van der Waals surface area (Å²) in [5.74, 6) is 2.60. The molecule has 0 N–H and O–H groups in total. The van der Waals surface area contributed by atoms with Crippen LogP contribution in [0, 0.1) is 12.3 Å². The van der Waals surface area contributed by atoms with E-state index in [0.717, 1.165) is 24.9 Å². The van der Waals surface area contributed by atoms with Crippen molar-refractivity contribution in [2.24, 2.45) is 0 Å². The number of aldehydes is 1. The largest absolute Gasteiger partial charge is 0.359 e. The van der Waals surface area contributed by atoms with Gasteiger partial charge in [-0.1, -0.05) is 24.4 Å². The molecule has 1 rings (SSSR count). The van der Waals surface area contributed by atoms with Crippen molar-refractivity contribution in [1.82, 2.24) is 0 Å². The molecule has 16 heavy (non-hydrogen) atoms. The fourth-order valence-electron chi connectivity index (χ4n) is 1.52. The van der Waals surface area contributed by atoms with Gasteiger partial charge in [0.25, 0.3) is 0 Å². The average molecular weight is 236 g/mol. The first-order valence-corrected chi connectivity index (χ1v) is 5.53. The van der Waals surface area contributed by atoms with Crippen LogP contribution < -0.4 is 4.90 Å². The zero-order valence-electron chi connectivity index (χ0n) is 9.24. The molecule has 0 amide bonds. The van der Waals surface area contributed by atoms with Gasteiger partial charge in [0.15, 0.2) is 0 Å². The molecule has 0 saturated heterocycles. The summed E-state index contributed by atoms with van der Waals surface area (Å²) >= 11 is 6.11. The Morgan fingerprint density at radius 3 is 2.81 bits per heavy atom. The van der Waals surface area contributed by atoms with E-state index < -0.39 is 0 Å². The van der Waals surface area contributed by atoms with E-state index in [1.807, 2.05) is 11.0 Å². The Morgan fingerprint density at radius 1 is 1.56 bits per heavy atom. The molecule has 0 saturated carbocycles. The minimum absolute atomic E-state index is 0.522. The molecule has 0 aromatic heterocycles. The molecule has 1 aromatic carbocycles. The van der Waals surface area contributed by atoms with E-state index in [1.54, 1.807) is 12.1 Å². The van der Waals surface area contributed by atoms with E-state index >= 15 is 0 Å². The van der Waals surface area contributed by atoms with Crippen LogP contribution in [-0.2, 0) is 0 Å². The Hall–Kier alpha value is -1.46. The van der Waals surface area contributed by atoms with Gasteiger partial charge in [-0.05, 0) is 24.6 Å².